The van der Waals surface area contributed by atoms with Gasteiger partial charge in [0.2, 0.25) is 11.5 Å². The van der Waals surface area contributed by atoms with E-state index in [1.54, 1.807) is 30.3 Å². The van der Waals surface area contributed by atoms with Crippen LogP contribution in [0.1, 0.15) is 16.2 Å². The maximum absolute atomic E-state index is 12.9. The lowest BCUT2D eigenvalue weighted by molar-refractivity contribution is 0.103. The standard InChI is InChI=1S/C18H14N2O5/c1-23-12-8-11-13(16(25-3)15(12)24-2)14(21)17-19-10-7-5-4-6-9(10)18(22)20(11)17/h4-8H,1-3H3. The monoisotopic (exact) mass is 338 g/mol. The SMILES string of the molecule is COc1cc2c(c(OC)c1OC)C(=O)c1nc3ccccc3c(=O)n1-2. The summed E-state index contributed by atoms with van der Waals surface area (Å²) in [5.74, 6) is 0.528. The number of ketones is 1. The largest absolute Gasteiger partial charge is 0.493 e. The molecule has 7 heteroatoms. The molecule has 1 aliphatic heterocycles. The van der Waals surface area contributed by atoms with Gasteiger partial charge in [0, 0.05) is 6.07 Å². The van der Waals surface area contributed by atoms with E-state index in [2.05, 4.69) is 4.98 Å². The highest BCUT2D eigenvalue weighted by atomic mass is 16.5. The molecule has 2 heterocycles. The Kier molecular flexibility index (Phi) is 3.24. The van der Waals surface area contributed by atoms with Crippen LogP contribution in [-0.4, -0.2) is 36.7 Å². The van der Waals surface area contributed by atoms with E-state index in [-0.39, 0.29) is 22.7 Å². The molecule has 0 atom stereocenters. The first-order valence-electron chi connectivity index (χ1n) is 7.52. The molecule has 7 nitrogen and oxygen atoms in total. The molecule has 0 unspecified atom stereocenters. The molecule has 0 fully saturated rings. The molecule has 1 aromatic heterocycles. The van der Waals surface area contributed by atoms with Crippen molar-refractivity contribution in [2.75, 3.05) is 21.3 Å². The van der Waals surface area contributed by atoms with Crippen LogP contribution in [0.5, 0.6) is 17.2 Å². The van der Waals surface area contributed by atoms with Gasteiger partial charge in [0.1, 0.15) is 0 Å². The molecule has 1 aliphatic rings. The third-order valence-electron chi connectivity index (χ3n) is 4.26. The molecule has 0 saturated heterocycles. The first kappa shape index (κ1) is 15.2. The second kappa shape index (κ2) is 5.34. The Balaban J connectivity index is 2.16. The predicted molar refractivity (Wildman–Crippen MR) is 90.4 cm³/mol. The Labute approximate surface area is 142 Å². The summed E-state index contributed by atoms with van der Waals surface area (Å²) in [4.78, 5) is 30.2. The highest BCUT2D eigenvalue weighted by Crippen LogP contribution is 2.46. The minimum Gasteiger partial charge on any atom is -0.493 e. The number of carbonyl (C=O) groups excluding carboxylic acids is 1. The number of carbonyl (C=O) groups is 1. The first-order chi connectivity index (χ1) is 12.1. The molecule has 3 aromatic rings. The Hall–Kier alpha value is -3.35. The Morgan fingerprint density at radius 3 is 2.36 bits per heavy atom. The molecule has 0 aliphatic carbocycles. The molecule has 0 spiro atoms. The third-order valence-corrected chi connectivity index (χ3v) is 4.26. The number of rotatable bonds is 3. The molecule has 0 N–H and O–H groups in total. The van der Waals surface area contributed by atoms with Crippen LogP contribution in [0.4, 0.5) is 0 Å². The summed E-state index contributed by atoms with van der Waals surface area (Å²) in [5.41, 5.74) is 0.762. The van der Waals surface area contributed by atoms with Gasteiger partial charge in [-0.1, -0.05) is 12.1 Å². The molecular weight excluding hydrogens is 324 g/mol. The van der Waals surface area contributed by atoms with E-state index in [1.165, 1.54) is 25.9 Å². The van der Waals surface area contributed by atoms with Gasteiger partial charge in [-0.2, -0.15) is 0 Å². The molecule has 0 radical (unpaired) electrons. The van der Waals surface area contributed by atoms with Crippen LogP contribution >= 0.6 is 0 Å². The van der Waals surface area contributed by atoms with Crippen molar-refractivity contribution in [3.05, 3.63) is 52.1 Å². The van der Waals surface area contributed by atoms with Gasteiger partial charge in [0.05, 0.1) is 43.5 Å². The second-order valence-electron chi connectivity index (χ2n) is 5.46. The smallest absolute Gasteiger partial charge is 0.266 e. The Morgan fingerprint density at radius 1 is 0.960 bits per heavy atom. The topological polar surface area (TPSA) is 79.7 Å². The summed E-state index contributed by atoms with van der Waals surface area (Å²) in [6.07, 6.45) is 0. The number of aromatic nitrogens is 2. The van der Waals surface area contributed by atoms with E-state index < -0.39 is 5.78 Å². The van der Waals surface area contributed by atoms with Crippen LogP contribution in [0, 0.1) is 0 Å². The van der Waals surface area contributed by atoms with Crippen molar-refractivity contribution < 1.29 is 19.0 Å². The van der Waals surface area contributed by atoms with Crippen molar-refractivity contribution in [2.45, 2.75) is 0 Å². The molecule has 0 amide bonds. The maximum atomic E-state index is 12.9. The number of ether oxygens (including phenoxy) is 3. The Morgan fingerprint density at radius 2 is 1.68 bits per heavy atom. The number of nitrogens with zero attached hydrogens (tertiary/aromatic N) is 2. The number of benzene rings is 2. The Bertz CT molecular complexity index is 1100. The number of hydrogen-bond acceptors (Lipinski definition) is 6. The predicted octanol–water partition coefficient (Wildman–Crippen LogP) is 1.96. The average Bonchev–Trinajstić information content (AvgIpc) is 2.92. The third kappa shape index (κ3) is 1.89. The van der Waals surface area contributed by atoms with Gasteiger partial charge in [0.15, 0.2) is 17.3 Å². The summed E-state index contributed by atoms with van der Waals surface area (Å²) >= 11 is 0. The summed E-state index contributed by atoms with van der Waals surface area (Å²) < 4.78 is 17.3. The minimum absolute atomic E-state index is 0.0484. The lowest BCUT2D eigenvalue weighted by Crippen LogP contribution is -2.21. The molecule has 2 aromatic carbocycles. The van der Waals surface area contributed by atoms with Crippen molar-refractivity contribution in [2.24, 2.45) is 0 Å². The van der Waals surface area contributed by atoms with Crippen molar-refractivity contribution >= 4 is 16.7 Å². The zero-order valence-corrected chi connectivity index (χ0v) is 13.8. The summed E-state index contributed by atoms with van der Waals surface area (Å²) in [6.45, 7) is 0. The van der Waals surface area contributed by atoms with E-state index in [4.69, 9.17) is 14.2 Å². The van der Waals surface area contributed by atoms with E-state index in [1.807, 2.05) is 0 Å². The van der Waals surface area contributed by atoms with Gasteiger partial charge in [0.25, 0.3) is 5.56 Å². The average molecular weight is 338 g/mol. The lowest BCUT2D eigenvalue weighted by atomic mass is 10.1. The first-order valence-corrected chi connectivity index (χ1v) is 7.52. The van der Waals surface area contributed by atoms with Crippen LogP contribution in [0.25, 0.3) is 16.6 Å². The number of fused-ring (bicyclic) bond motifs is 4. The van der Waals surface area contributed by atoms with E-state index in [0.717, 1.165) is 0 Å². The van der Waals surface area contributed by atoms with Crippen molar-refractivity contribution in [3.8, 4) is 22.9 Å². The van der Waals surface area contributed by atoms with Crippen LogP contribution in [-0.2, 0) is 0 Å². The van der Waals surface area contributed by atoms with Crippen molar-refractivity contribution in [1.82, 2.24) is 9.55 Å². The van der Waals surface area contributed by atoms with Gasteiger partial charge < -0.3 is 14.2 Å². The van der Waals surface area contributed by atoms with Gasteiger partial charge in [-0.3, -0.25) is 14.2 Å². The molecule has 0 saturated carbocycles. The molecule has 25 heavy (non-hydrogen) atoms. The fraction of sp³-hybridized carbons (Fsp3) is 0.167. The lowest BCUT2D eigenvalue weighted by Gasteiger charge is -2.15. The molecule has 4 rings (SSSR count). The highest BCUT2D eigenvalue weighted by Gasteiger charge is 2.36. The van der Waals surface area contributed by atoms with Crippen LogP contribution < -0.4 is 19.8 Å². The second-order valence-corrected chi connectivity index (χ2v) is 5.46. The zero-order chi connectivity index (χ0) is 17.7. The zero-order valence-electron chi connectivity index (χ0n) is 13.8. The van der Waals surface area contributed by atoms with E-state index in [9.17, 15) is 9.59 Å². The number of para-hydroxylation sites is 1. The van der Waals surface area contributed by atoms with Gasteiger partial charge in [-0.15, -0.1) is 0 Å². The number of methoxy groups -OCH3 is 3. The van der Waals surface area contributed by atoms with Crippen molar-refractivity contribution in [3.63, 3.8) is 0 Å². The van der Waals surface area contributed by atoms with Crippen LogP contribution in [0.15, 0.2) is 35.1 Å². The van der Waals surface area contributed by atoms with Crippen molar-refractivity contribution in [1.29, 1.82) is 0 Å². The number of hydrogen-bond donors (Lipinski definition) is 0. The summed E-state index contributed by atoms with van der Waals surface area (Å²) in [6, 6.07) is 8.49. The highest BCUT2D eigenvalue weighted by molar-refractivity contribution is 6.16. The molecular formula is C18H14N2O5. The summed E-state index contributed by atoms with van der Waals surface area (Å²) in [5, 5.41) is 0.431. The summed E-state index contributed by atoms with van der Waals surface area (Å²) in [7, 11) is 4.36. The van der Waals surface area contributed by atoms with Gasteiger partial charge in [-0.25, -0.2) is 4.98 Å². The quantitative estimate of drug-likeness (QED) is 0.568. The molecule has 0 bridgehead atoms. The minimum atomic E-state index is -0.393. The van der Waals surface area contributed by atoms with Crippen LogP contribution in [0.3, 0.4) is 0 Å². The van der Waals surface area contributed by atoms with E-state index >= 15 is 0 Å². The normalized spacial score (nSPS) is 12.0. The molecule has 126 valence electrons. The van der Waals surface area contributed by atoms with E-state index in [0.29, 0.717) is 28.1 Å². The fourth-order valence-electron chi connectivity index (χ4n) is 3.16. The maximum Gasteiger partial charge on any atom is 0.266 e. The fourth-order valence-corrected chi connectivity index (χ4v) is 3.16. The van der Waals surface area contributed by atoms with Gasteiger partial charge >= 0.3 is 0 Å². The van der Waals surface area contributed by atoms with Gasteiger partial charge in [-0.05, 0) is 12.1 Å². The van der Waals surface area contributed by atoms with Crippen LogP contribution in [0.2, 0.25) is 0 Å².